The molecule has 4 rings (SSSR count). The molecule has 2 aromatic carbocycles. The van der Waals surface area contributed by atoms with E-state index in [1.807, 2.05) is 31.2 Å². The predicted molar refractivity (Wildman–Crippen MR) is 118 cm³/mol. The normalized spacial score (nSPS) is 15.8. The van der Waals surface area contributed by atoms with Crippen LogP contribution in [0.5, 0.6) is 0 Å². The minimum atomic E-state index is -0.280. The molecule has 1 aliphatic heterocycles. The molecule has 5 nitrogen and oxygen atoms in total. The van der Waals surface area contributed by atoms with Crippen molar-refractivity contribution in [2.45, 2.75) is 13.0 Å². The number of aryl methyl sites for hydroxylation is 1. The summed E-state index contributed by atoms with van der Waals surface area (Å²) in [5.41, 5.74) is 2.98. The lowest BCUT2D eigenvalue weighted by atomic mass is 10.0. The average molecular weight is 472 g/mol. The van der Waals surface area contributed by atoms with Crippen LogP contribution in [-0.4, -0.2) is 48.6 Å². The van der Waals surface area contributed by atoms with Crippen LogP contribution in [0.2, 0.25) is 0 Å². The first-order chi connectivity index (χ1) is 14.5. The van der Waals surface area contributed by atoms with Crippen molar-refractivity contribution in [2.24, 2.45) is 0 Å². The Hall–Kier alpha value is -2.35. The molecular formula is C23H23BrFN3O2. The molecule has 1 aromatic heterocycles. The van der Waals surface area contributed by atoms with Crippen molar-refractivity contribution in [3.63, 3.8) is 0 Å². The molecule has 156 valence electrons. The molecular weight excluding hydrogens is 449 g/mol. The van der Waals surface area contributed by atoms with E-state index in [-0.39, 0.29) is 17.8 Å². The van der Waals surface area contributed by atoms with Crippen molar-refractivity contribution in [3.8, 4) is 0 Å². The summed E-state index contributed by atoms with van der Waals surface area (Å²) >= 11 is 3.47. The highest BCUT2D eigenvalue weighted by atomic mass is 79.9. The summed E-state index contributed by atoms with van der Waals surface area (Å²) < 4.78 is 20.2. The smallest absolute Gasteiger partial charge is 0.252 e. The monoisotopic (exact) mass is 471 g/mol. The number of nitrogens with zero attached hydrogens (tertiary/aromatic N) is 2. The Bertz CT molecular complexity index is 1070. The van der Waals surface area contributed by atoms with E-state index in [4.69, 9.17) is 4.74 Å². The van der Waals surface area contributed by atoms with Crippen molar-refractivity contribution in [1.29, 1.82) is 0 Å². The topological polar surface area (TPSA) is 54.5 Å². The molecule has 0 aliphatic carbocycles. The number of nitrogens with one attached hydrogen (secondary N) is 1. The highest BCUT2D eigenvalue weighted by Gasteiger charge is 2.24. The van der Waals surface area contributed by atoms with Crippen LogP contribution < -0.4 is 5.32 Å². The maximum absolute atomic E-state index is 13.9. The number of morpholine rings is 1. The Morgan fingerprint density at radius 1 is 1.23 bits per heavy atom. The molecule has 1 aliphatic rings. The molecule has 0 spiro atoms. The second-order valence-electron chi connectivity index (χ2n) is 7.40. The Labute approximate surface area is 183 Å². The summed E-state index contributed by atoms with van der Waals surface area (Å²) in [5, 5.41) is 3.86. The van der Waals surface area contributed by atoms with Gasteiger partial charge in [0.25, 0.3) is 5.91 Å². The highest BCUT2D eigenvalue weighted by molar-refractivity contribution is 9.10. The lowest BCUT2D eigenvalue weighted by molar-refractivity contribution is 0.0162. The molecule has 1 N–H and O–H groups in total. The van der Waals surface area contributed by atoms with Gasteiger partial charge in [0.05, 0.1) is 30.3 Å². The lowest BCUT2D eigenvalue weighted by Crippen LogP contribution is -2.43. The van der Waals surface area contributed by atoms with Gasteiger partial charge in [-0.15, -0.1) is 0 Å². The summed E-state index contributed by atoms with van der Waals surface area (Å²) in [6.07, 6.45) is 0. The van der Waals surface area contributed by atoms with E-state index < -0.39 is 0 Å². The van der Waals surface area contributed by atoms with Crippen LogP contribution in [0, 0.1) is 12.7 Å². The average Bonchev–Trinajstić information content (AvgIpc) is 2.74. The number of amides is 1. The zero-order valence-electron chi connectivity index (χ0n) is 16.7. The standard InChI is InChI=1S/C23H23BrFN3O2/c1-15-11-20(19-13-17(24)5-6-21(19)27-15)23(29)26-14-22(28-7-9-30-10-8-28)16-3-2-4-18(25)12-16/h2-6,11-13,22H,7-10,14H2,1H3,(H,26,29). The summed E-state index contributed by atoms with van der Waals surface area (Å²) in [6.45, 7) is 4.98. The van der Waals surface area contributed by atoms with Gasteiger partial charge < -0.3 is 10.1 Å². The first-order valence-corrected chi connectivity index (χ1v) is 10.7. The molecule has 3 aromatic rings. The molecule has 30 heavy (non-hydrogen) atoms. The van der Waals surface area contributed by atoms with E-state index in [1.54, 1.807) is 12.1 Å². The van der Waals surface area contributed by atoms with Gasteiger partial charge in [0.2, 0.25) is 0 Å². The van der Waals surface area contributed by atoms with Crippen molar-refractivity contribution in [1.82, 2.24) is 15.2 Å². The number of rotatable bonds is 5. The van der Waals surface area contributed by atoms with Crippen LogP contribution in [0.3, 0.4) is 0 Å². The number of hydrogen-bond acceptors (Lipinski definition) is 4. The fourth-order valence-electron chi connectivity index (χ4n) is 3.86. The van der Waals surface area contributed by atoms with Gasteiger partial charge in [-0.25, -0.2) is 4.39 Å². The maximum atomic E-state index is 13.9. The fraction of sp³-hybridized carbons (Fsp3) is 0.304. The Morgan fingerprint density at radius 3 is 2.80 bits per heavy atom. The van der Waals surface area contributed by atoms with Crippen LogP contribution in [0.15, 0.2) is 53.0 Å². The number of ether oxygens (including phenoxy) is 1. The third-order valence-corrected chi connectivity index (χ3v) is 5.81. The number of benzene rings is 2. The summed E-state index contributed by atoms with van der Waals surface area (Å²) in [5.74, 6) is -0.448. The van der Waals surface area contributed by atoms with E-state index in [1.165, 1.54) is 12.1 Å². The molecule has 1 fully saturated rings. The summed E-state index contributed by atoms with van der Waals surface area (Å²) in [6, 6.07) is 14.0. The van der Waals surface area contributed by atoms with Gasteiger partial charge in [-0.1, -0.05) is 28.1 Å². The van der Waals surface area contributed by atoms with Gasteiger partial charge in [-0.2, -0.15) is 0 Å². The van der Waals surface area contributed by atoms with Crippen LogP contribution >= 0.6 is 15.9 Å². The van der Waals surface area contributed by atoms with Crippen molar-refractivity contribution in [2.75, 3.05) is 32.8 Å². The number of halogens is 2. The Balaban J connectivity index is 1.60. The largest absolute Gasteiger partial charge is 0.379 e. The highest BCUT2D eigenvalue weighted by Crippen LogP contribution is 2.25. The third-order valence-electron chi connectivity index (χ3n) is 5.32. The zero-order chi connectivity index (χ0) is 21.1. The van der Waals surface area contributed by atoms with Crippen molar-refractivity contribution >= 4 is 32.7 Å². The first kappa shape index (κ1) is 20.9. The molecule has 2 heterocycles. The maximum Gasteiger partial charge on any atom is 0.252 e. The quantitative estimate of drug-likeness (QED) is 0.604. The van der Waals surface area contributed by atoms with Crippen LogP contribution in [0.25, 0.3) is 10.9 Å². The number of carbonyl (C=O) groups is 1. The number of fused-ring (bicyclic) bond motifs is 1. The molecule has 1 atom stereocenters. The number of pyridine rings is 1. The van der Waals surface area contributed by atoms with Gasteiger partial charge in [0, 0.05) is 35.2 Å². The van der Waals surface area contributed by atoms with Gasteiger partial charge in [0.1, 0.15) is 5.82 Å². The molecule has 0 bridgehead atoms. The van der Waals surface area contributed by atoms with E-state index in [0.717, 1.165) is 39.7 Å². The van der Waals surface area contributed by atoms with Crippen LogP contribution in [0.1, 0.15) is 27.7 Å². The van der Waals surface area contributed by atoms with Crippen molar-refractivity contribution < 1.29 is 13.9 Å². The van der Waals surface area contributed by atoms with E-state index in [9.17, 15) is 9.18 Å². The van der Waals surface area contributed by atoms with E-state index in [0.29, 0.717) is 25.3 Å². The minimum Gasteiger partial charge on any atom is -0.379 e. The first-order valence-electron chi connectivity index (χ1n) is 9.93. The number of carbonyl (C=O) groups excluding carboxylic acids is 1. The molecule has 1 unspecified atom stereocenters. The molecule has 7 heteroatoms. The lowest BCUT2D eigenvalue weighted by Gasteiger charge is -2.35. The zero-order valence-corrected chi connectivity index (χ0v) is 18.3. The minimum absolute atomic E-state index is 0.130. The van der Waals surface area contributed by atoms with Gasteiger partial charge in [-0.3, -0.25) is 14.7 Å². The van der Waals surface area contributed by atoms with Crippen LogP contribution in [-0.2, 0) is 4.74 Å². The second kappa shape index (κ2) is 9.20. The summed E-state index contributed by atoms with van der Waals surface area (Å²) in [7, 11) is 0. The van der Waals surface area contributed by atoms with Crippen molar-refractivity contribution in [3.05, 3.63) is 75.6 Å². The van der Waals surface area contributed by atoms with Gasteiger partial charge >= 0.3 is 0 Å². The SMILES string of the molecule is Cc1cc(C(=O)NCC(c2cccc(F)c2)N2CCOCC2)c2cc(Br)ccc2n1. The fourth-order valence-corrected chi connectivity index (χ4v) is 4.22. The Morgan fingerprint density at radius 2 is 2.03 bits per heavy atom. The van der Waals surface area contributed by atoms with Crippen LogP contribution in [0.4, 0.5) is 4.39 Å². The van der Waals surface area contributed by atoms with E-state index in [2.05, 4.69) is 31.1 Å². The van der Waals surface area contributed by atoms with Gasteiger partial charge in [-0.05, 0) is 48.9 Å². The number of hydrogen-bond donors (Lipinski definition) is 1. The molecule has 0 saturated carbocycles. The molecule has 1 saturated heterocycles. The van der Waals surface area contributed by atoms with Gasteiger partial charge in [0.15, 0.2) is 0 Å². The third kappa shape index (κ3) is 4.69. The van der Waals surface area contributed by atoms with E-state index >= 15 is 0 Å². The predicted octanol–water partition coefficient (Wildman–Crippen LogP) is 4.25. The second-order valence-corrected chi connectivity index (χ2v) is 8.32. The summed E-state index contributed by atoms with van der Waals surface area (Å²) in [4.78, 5) is 19.9. The molecule has 0 radical (unpaired) electrons. The number of aromatic nitrogens is 1. The molecule has 1 amide bonds. The Kier molecular flexibility index (Phi) is 6.41.